The maximum Gasteiger partial charge on any atom is 0.261 e. The Hall–Kier alpha value is -3.35. The largest absolute Gasteiger partial charge is 0.486 e. The van der Waals surface area contributed by atoms with Crippen LogP contribution in [0.15, 0.2) is 59.7 Å². The van der Waals surface area contributed by atoms with Gasteiger partial charge in [0.1, 0.15) is 13.2 Å². The van der Waals surface area contributed by atoms with Gasteiger partial charge in [0.05, 0.1) is 23.8 Å². The zero-order valence-electron chi connectivity index (χ0n) is 15.6. The Morgan fingerprint density at radius 2 is 1.93 bits per heavy atom. The zero-order valence-corrected chi connectivity index (χ0v) is 15.6. The van der Waals surface area contributed by atoms with Crippen molar-refractivity contribution in [3.63, 3.8) is 0 Å². The number of nitrogens with zero attached hydrogens (tertiary/aromatic N) is 3. The number of hydrogen-bond acceptors (Lipinski definition) is 5. The van der Waals surface area contributed by atoms with Gasteiger partial charge in [0.2, 0.25) is 5.91 Å². The summed E-state index contributed by atoms with van der Waals surface area (Å²) in [7, 11) is 0. The van der Waals surface area contributed by atoms with Gasteiger partial charge < -0.3 is 14.4 Å². The highest BCUT2D eigenvalue weighted by Crippen LogP contribution is 2.31. The fourth-order valence-electron chi connectivity index (χ4n) is 3.27. The molecule has 0 unspecified atom stereocenters. The van der Waals surface area contributed by atoms with Crippen LogP contribution in [-0.2, 0) is 11.3 Å². The standard InChI is InChI=1S/C21H21N3O4/c1-2-23(11-15-13-27-18-9-5-6-10-19(18)28-15)20(25)12-24-14-22-17-8-4-3-7-16(17)21(24)26/h3-10,14-15H,2,11-13H2,1H3/t15-/m1/s1. The lowest BCUT2D eigenvalue weighted by Gasteiger charge is -2.31. The van der Waals surface area contributed by atoms with Crippen LogP contribution in [0.3, 0.4) is 0 Å². The number of carbonyl (C=O) groups is 1. The first kappa shape index (κ1) is 18.0. The highest BCUT2D eigenvalue weighted by Gasteiger charge is 2.25. The van der Waals surface area contributed by atoms with Crippen LogP contribution >= 0.6 is 0 Å². The minimum atomic E-state index is -0.259. The Morgan fingerprint density at radius 1 is 1.18 bits per heavy atom. The van der Waals surface area contributed by atoms with Gasteiger partial charge in [-0.2, -0.15) is 0 Å². The molecule has 4 rings (SSSR count). The molecule has 0 saturated heterocycles. The summed E-state index contributed by atoms with van der Waals surface area (Å²) in [5.41, 5.74) is 0.399. The van der Waals surface area contributed by atoms with E-state index in [9.17, 15) is 9.59 Å². The second kappa shape index (κ2) is 7.72. The third-order valence-corrected chi connectivity index (χ3v) is 4.76. The molecule has 7 heteroatoms. The van der Waals surface area contributed by atoms with Gasteiger partial charge in [-0.15, -0.1) is 0 Å². The number of rotatable bonds is 5. The molecular formula is C21H21N3O4. The highest BCUT2D eigenvalue weighted by molar-refractivity contribution is 5.79. The molecule has 0 fully saturated rings. The van der Waals surface area contributed by atoms with Crippen LogP contribution in [0.25, 0.3) is 10.9 Å². The Kier molecular flexibility index (Phi) is 4.97. The molecule has 1 aromatic heterocycles. The summed E-state index contributed by atoms with van der Waals surface area (Å²) < 4.78 is 13.0. The first-order valence-corrected chi connectivity index (χ1v) is 9.26. The molecule has 1 atom stereocenters. The molecule has 1 aliphatic rings. The summed E-state index contributed by atoms with van der Waals surface area (Å²) in [6.07, 6.45) is 1.16. The van der Waals surface area contributed by atoms with E-state index in [1.54, 1.807) is 23.1 Å². The van der Waals surface area contributed by atoms with Crippen molar-refractivity contribution in [3.8, 4) is 11.5 Å². The average Bonchev–Trinajstić information content (AvgIpc) is 2.74. The third-order valence-electron chi connectivity index (χ3n) is 4.76. The summed E-state index contributed by atoms with van der Waals surface area (Å²) in [6.45, 7) is 3.11. The molecular weight excluding hydrogens is 358 g/mol. The van der Waals surface area contributed by atoms with E-state index >= 15 is 0 Å². The summed E-state index contributed by atoms with van der Waals surface area (Å²) in [5.74, 6) is 1.23. The number of fused-ring (bicyclic) bond motifs is 2. The van der Waals surface area contributed by atoms with Crippen molar-refractivity contribution >= 4 is 16.8 Å². The second-order valence-corrected chi connectivity index (χ2v) is 6.62. The van der Waals surface area contributed by atoms with Gasteiger partial charge in [0.25, 0.3) is 5.56 Å². The number of likely N-dealkylation sites (N-methyl/N-ethyl adjacent to an activating group) is 1. The fraction of sp³-hybridized carbons (Fsp3) is 0.286. The van der Waals surface area contributed by atoms with Crippen LogP contribution in [-0.4, -0.2) is 46.2 Å². The van der Waals surface area contributed by atoms with E-state index in [4.69, 9.17) is 9.47 Å². The fourth-order valence-corrected chi connectivity index (χ4v) is 3.27. The number of hydrogen-bond donors (Lipinski definition) is 0. The lowest BCUT2D eigenvalue weighted by atomic mass is 10.2. The molecule has 0 radical (unpaired) electrons. The normalized spacial score (nSPS) is 15.4. The van der Waals surface area contributed by atoms with Crippen molar-refractivity contribution in [2.75, 3.05) is 19.7 Å². The first-order valence-electron chi connectivity index (χ1n) is 9.26. The Labute approximate surface area is 162 Å². The molecule has 3 aromatic rings. The molecule has 0 saturated carbocycles. The first-order chi connectivity index (χ1) is 13.7. The van der Waals surface area contributed by atoms with Crippen LogP contribution in [0.1, 0.15) is 6.92 Å². The van der Waals surface area contributed by atoms with E-state index in [0.717, 1.165) is 0 Å². The predicted molar refractivity (Wildman–Crippen MR) is 105 cm³/mol. The van der Waals surface area contributed by atoms with Crippen molar-refractivity contribution < 1.29 is 14.3 Å². The summed E-state index contributed by atoms with van der Waals surface area (Å²) >= 11 is 0. The minimum absolute atomic E-state index is 0.0608. The van der Waals surface area contributed by atoms with Gasteiger partial charge in [0, 0.05) is 6.54 Å². The summed E-state index contributed by atoms with van der Waals surface area (Å²) in [6, 6.07) is 14.6. The quantitative estimate of drug-likeness (QED) is 0.679. The molecule has 0 bridgehead atoms. The van der Waals surface area contributed by atoms with Gasteiger partial charge in [-0.3, -0.25) is 14.2 Å². The number of carbonyl (C=O) groups excluding carboxylic acids is 1. The van der Waals surface area contributed by atoms with Gasteiger partial charge in [0.15, 0.2) is 17.6 Å². The molecule has 2 aromatic carbocycles. The molecule has 144 valence electrons. The maximum absolute atomic E-state index is 12.8. The minimum Gasteiger partial charge on any atom is -0.486 e. The van der Waals surface area contributed by atoms with Crippen molar-refractivity contribution in [2.24, 2.45) is 0 Å². The molecule has 0 spiro atoms. The van der Waals surface area contributed by atoms with Gasteiger partial charge in [-0.25, -0.2) is 4.98 Å². The SMILES string of the molecule is CCN(C[C@@H]1COc2ccccc2O1)C(=O)Cn1cnc2ccccc2c1=O. The molecule has 28 heavy (non-hydrogen) atoms. The average molecular weight is 379 g/mol. The summed E-state index contributed by atoms with van der Waals surface area (Å²) in [5, 5.41) is 0.501. The van der Waals surface area contributed by atoms with Crippen LogP contribution in [0.4, 0.5) is 0 Å². The van der Waals surface area contributed by atoms with Gasteiger partial charge in [-0.1, -0.05) is 24.3 Å². The van der Waals surface area contributed by atoms with E-state index in [-0.39, 0.29) is 24.1 Å². The molecule has 1 aliphatic heterocycles. The number of ether oxygens (including phenoxy) is 2. The second-order valence-electron chi connectivity index (χ2n) is 6.62. The highest BCUT2D eigenvalue weighted by atomic mass is 16.6. The summed E-state index contributed by atoms with van der Waals surface area (Å²) in [4.78, 5) is 31.3. The van der Waals surface area contributed by atoms with Crippen molar-refractivity contribution in [2.45, 2.75) is 19.6 Å². The number of para-hydroxylation sites is 3. The van der Waals surface area contributed by atoms with Gasteiger partial charge in [-0.05, 0) is 31.2 Å². The van der Waals surface area contributed by atoms with Crippen molar-refractivity contribution in [1.29, 1.82) is 0 Å². The molecule has 1 amide bonds. The van der Waals surface area contributed by atoms with E-state index in [0.29, 0.717) is 42.1 Å². The van der Waals surface area contributed by atoms with E-state index < -0.39 is 0 Å². The topological polar surface area (TPSA) is 73.7 Å². The van der Waals surface area contributed by atoms with Crippen LogP contribution in [0.5, 0.6) is 11.5 Å². The zero-order chi connectivity index (χ0) is 19.5. The lowest BCUT2D eigenvalue weighted by Crippen LogP contribution is -2.45. The predicted octanol–water partition coefficient (Wildman–Crippen LogP) is 2.08. The van der Waals surface area contributed by atoms with E-state index in [2.05, 4.69) is 4.98 Å². The smallest absolute Gasteiger partial charge is 0.261 e. The van der Waals surface area contributed by atoms with Crippen LogP contribution in [0.2, 0.25) is 0 Å². The Bertz CT molecular complexity index is 1060. The van der Waals surface area contributed by atoms with Crippen LogP contribution in [0, 0.1) is 0 Å². The van der Waals surface area contributed by atoms with Crippen molar-refractivity contribution in [3.05, 3.63) is 65.2 Å². The Morgan fingerprint density at radius 3 is 2.75 bits per heavy atom. The maximum atomic E-state index is 12.8. The van der Waals surface area contributed by atoms with E-state index in [1.807, 2.05) is 37.3 Å². The van der Waals surface area contributed by atoms with Gasteiger partial charge >= 0.3 is 0 Å². The van der Waals surface area contributed by atoms with E-state index in [1.165, 1.54) is 10.9 Å². The third kappa shape index (κ3) is 3.55. The monoisotopic (exact) mass is 379 g/mol. The van der Waals surface area contributed by atoms with Crippen LogP contribution < -0.4 is 15.0 Å². The molecule has 7 nitrogen and oxygen atoms in total. The lowest BCUT2D eigenvalue weighted by molar-refractivity contribution is -0.133. The number of amides is 1. The number of benzene rings is 2. The molecule has 2 heterocycles. The molecule has 0 aliphatic carbocycles. The molecule has 0 N–H and O–H groups in total. The number of aromatic nitrogens is 2. The van der Waals surface area contributed by atoms with Crippen molar-refractivity contribution in [1.82, 2.24) is 14.5 Å². The Balaban J connectivity index is 1.46.